The highest BCUT2D eigenvalue weighted by Crippen LogP contribution is 2.34. The molecule has 0 bridgehead atoms. The van der Waals surface area contributed by atoms with Gasteiger partial charge in [-0.05, 0) is 66.5 Å². The summed E-state index contributed by atoms with van der Waals surface area (Å²) in [5.74, 6) is 0.0434. The molecule has 1 aliphatic carbocycles. The zero-order valence-electron chi connectivity index (χ0n) is 11.1. The van der Waals surface area contributed by atoms with Crippen LogP contribution in [0.4, 0.5) is 4.39 Å². The van der Waals surface area contributed by atoms with Crippen LogP contribution in [0.1, 0.15) is 35.4 Å². The molecule has 1 atom stereocenters. The molecule has 0 heterocycles. The van der Waals surface area contributed by atoms with Gasteiger partial charge in [0.1, 0.15) is 17.3 Å². The molecule has 1 unspecified atom stereocenters. The number of aromatic hydroxyl groups is 2. The van der Waals surface area contributed by atoms with Crippen LogP contribution in [0.5, 0.6) is 11.5 Å². The van der Waals surface area contributed by atoms with E-state index in [1.54, 1.807) is 18.2 Å². The fourth-order valence-corrected chi connectivity index (χ4v) is 3.06. The summed E-state index contributed by atoms with van der Waals surface area (Å²) < 4.78 is 14.0. The summed E-state index contributed by atoms with van der Waals surface area (Å²) in [6, 6.07) is 9.83. The van der Waals surface area contributed by atoms with E-state index in [-0.39, 0.29) is 23.2 Å². The maximum Gasteiger partial charge on any atom is 0.130 e. The van der Waals surface area contributed by atoms with Crippen LogP contribution < -0.4 is 0 Å². The summed E-state index contributed by atoms with van der Waals surface area (Å²) >= 11 is 0. The van der Waals surface area contributed by atoms with Crippen molar-refractivity contribution in [1.29, 1.82) is 0 Å². The predicted octanol–water partition coefficient (Wildman–Crippen LogP) is 3.90. The molecule has 0 aromatic heterocycles. The molecular weight excluding hydrogens is 255 g/mol. The van der Waals surface area contributed by atoms with Crippen LogP contribution in [0.25, 0.3) is 0 Å². The summed E-state index contributed by atoms with van der Waals surface area (Å²) in [7, 11) is 0. The van der Waals surface area contributed by atoms with Crippen LogP contribution in [0.3, 0.4) is 0 Å². The third-order valence-corrected chi connectivity index (χ3v) is 4.08. The van der Waals surface area contributed by atoms with Crippen LogP contribution in [0, 0.1) is 5.82 Å². The Morgan fingerprint density at radius 3 is 2.50 bits per heavy atom. The molecular formula is C17H17FO2. The molecule has 0 aliphatic heterocycles. The van der Waals surface area contributed by atoms with Gasteiger partial charge in [-0.1, -0.05) is 12.1 Å². The van der Waals surface area contributed by atoms with Gasteiger partial charge >= 0.3 is 0 Å². The van der Waals surface area contributed by atoms with Crippen LogP contribution >= 0.6 is 0 Å². The molecule has 0 spiro atoms. The lowest BCUT2D eigenvalue weighted by Gasteiger charge is -2.16. The minimum absolute atomic E-state index is 0.0369. The van der Waals surface area contributed by atoms with Gasteiger partial charge in [-0.15, -0.1) is 0 Å². The average Bonchev–Trinajstić information content (AvgIpc) is 2.60. The maximum atomic E-state index is 14.0. The van der Waals surface area contributed by atoms with Crippen molar-refractivity contribution < 1.29 is 14.6 Å². The monoisotopic (exact) mass is 272 g/mol. The van der Waals surface area contributed by atoms with Crippen molar-refractivity contribution in [3.63, 3.8) is 0 Å². The lowest BCUT2D eigenvalue weighted by Crippen LogP contribution is -2.04. The summed E-state index contributed by atoms with van der Waals surface area (Å²) in [4.78, 5) is 0. The number of benzene rings is 2. The molecule has 2 nitrogen and oxygen atoms in total. The molecule has 0 saturated heterocycles. The summed E-state index contributed by atoms with van der Waals surface area (Å²) in [6.45, 7) is 0. The fraction of sp³-hybridized carbons (Fsp3) is 0.294. The van der Waals surface area contributed by atoms with Gasteiger partial charge in [0, 0.05) is 6.07 Å². The number of aryl methyl sites for hydroxylation is 1. The van der Waals surface area contributed by atoms with E-state index in [1.807, 2.05) is 12.1 Å². The standard InChI is InChI=1S/C17H17FO2/c18-17-10-15(20)6-7-16(17)13-3-1-2-11-9-14(19)5-4-12(11)8-13/h4-7,9-10,13,19-20H,1-3,8H2. The number of fused-ring (bicyclic) bond motifs is 1. The molecule has 0 saturated carbocycles. The van der Waals surface area contributed by atoms with E-state index in [0.717, 1.165) is 31.2 Å². The molecule has 104 valence electrons. The maximum absolute atomic E-state index is 14.0. The topological polar surface area (TPSA) is 40.5 Å². The highest BCUT2D eigenvalue weighted by molar-refractivity contribution is 5.38. The van der Waals surface area contributed by atoms with Crippen LogP contribution in [-0.2, 0) is 12.8 Å². The number of hydrogen-bond donors (Lipinski definition) is 2. The molecule has 3 heteroatoms. The molecule has 0 amide bonds. The quantitative estimate of drug-likeness (QED) is 0.773. The Balaban J connectivity index is 1.94. The Kier molecular flexibility index (Phi) is 3.35. The first kappa shape index (κ1) is 13.0. The van der Waals surface area contributed by atoms with Gasteiger partial charge in [-0.25, -0.2) is 4.39 Å². The zero-order valence-corrected chi connectivity index (χ0v) is 11.1. The first-order valence-corrected chi connectivity index (χ1v) is 6.92. The van der Waals surface area contributed by atoms with E-state index >= 15 is 0 Å². The molecule has 20 heavy (non-hydrogen) atoms. The zero-order chi connectivity index (χ0) is 14.1. The van der Waals surface area contributed by atoms with Crippen molar-refractivity contribution in [2.75, 3.05) is 0 Å². The lowest BCUT2D eigenvalue weighted by molar-refractivity contribution is 0.465. The first-order chi connectivity index (χ1) is 9.63. The molecule has 1 aliphatic rings. The number of rotatable bonds is 1. The molecule has 0 radical (unpaired) electrons. The molecule has 0 fully saturated rings. The van der Waals surface area contributed by atoms with E-state index in [2.05, 4.69) is 0 Å². The first-order valence-electron chi connectivity index (χ1n) is 6.92. The second-order valence-electron chi connectivity index (χ2n) is 5.45. The summed E-state index contributed by atoms with van der Waals surface area (Å²) in [5.41, 5.74) is 3.01. The van der Waals surface area contributed by atoms with Crippen LogP contribution in [0.15, 0.2) is 36.4 Å². The Labute approximate surface area is 117 Å². The van der Waals surface area contributed by atoms with Gasteiger partial charge in [0.05, 0.1) is 0 Å². The Hall–Kier alpha value is -2.03. The van der Waals surface area contributed by atoms with E-state index in [4.69, 9.17) is 0 Å². The third-order valence-electron chi connectivity index (χ3n) is 4.08. The molecule has 2 aromatic rings. The van der Waals surface area contributed by atoms with Crippen LogP contribution in [0.2, 0.25) is 0 Å². The van der Waals surface area contributed by atoms with Crippen molar-refractivity contribution in [2.45, 2.75) is 31.6 Å². The SMILES string of the molecule is Oc1ccc(C2CCCc3cc(O)ccc3C2)c(F)c1. The van der Waals surface area contributed by atoms with Gasteiger partial charge in [-0.3, -0.25) is 0 Å². The Morgan fingerprint density at radius 1 is 0.950 bits per heavy atom. The van der Waals surface area contributed by atoms with Crippen LogP contribution in [-0.4, -0.2) is 10.2 Å². The molecule has 2 N–H and O–H groups in total. The number of halogens is 1. The smallest absolute Gasteiger partial charge is 0.130 e. The van der Waals surface area contributed by atoms with E-state index < -0.39 is 0 Å². The Morgan fingerprint density at radius 2 is 1.70 bits per heavy atom. The van der Waals surface area contributed by atoms with Crippen molar-refractivity contribution in [3.05, 3.63) is 58.9 Å². The molecule has 3 rings (SSSR count). The fourth-order valence-electron chi connectivity index (χ4n) is 3.06. The average molecular weight is 272 g/mol. The lowest BCUT2D eigenvalue weighted by atomic mass is 9.89. The van der Waals surface area contributed by atoms with E-state index in [9.17, 15) is 14.6 Å². The van der Waals surface area contributed by atoms with E-state index in [0.29, 0.717) is 5.56 Å². The van der Waals surface area contributed by atoms with E-state index in [1.165, 1.54) is 11.6 Å². The summed E-state index contributed by atoms with van der Waals surface area (Å²) in [6.07, 6.45) is 3.58. The minimum atomic E-state index is -0.336. The van der Waals surface area contributed by atoms with Crippen molar-refractivity contribution in [3.8, 4) is 11.5 Å². The van der Waals surface area contributed by atoms with Gasteiger partial charge in [0.25, 0.3) is 0 Å². The molecule has 2 aromatic carbocycles. The predicted molar refractivity (Wildman–Crippen MR) is 75.6 cm³/mol. The largest absolute Gasteiger partial charge is 0.508 e. The summed E-state index contributed by atoms with van der Waals surface area (Å²) in [5, 5.41) is 18.9. The number of phenolic OH excluding ortho intramolecular Hbond substituents is 2. The third kappa shape index (κ3) is 2.48. The van der Waals surface area contributed by atoms with Gasteiger partial charge in [0.15, 0.2) is 0 Å². The van der Waals surface area contributed by atoms with Gasteiger partial charge in [0.2, 0.25) is 0 Å². The second-order valence-corrected chi connectivity index (χ2v) is 5.45. The highest BCUT2D eigenvalue weighted by atomic mass is 19.1. The minimum Gasteiger partial charge on any atom is -0.508 e. The van der Waals surface area contributed by atoms with Gasteiger partial charge in [-0.2, -0.15) is 0 Å². The van der Waals surface area contributed by atoms with Crippen molar-refractivity contribution in [1.82, 2.24) is 0 Å². The van der Waals surface area contributed by atoms with Crippen molar-refractivity contribution in [2.24, 2.45) is 0 Å². The second kappa shape index (κ2) is 5.16. The number of phenols is 2. The highest BCUT2D eigenvalue weighted by Gasteiger charge is 2.21. The Bertz CT molecular complexity index is 637. The number of hydrogen-bond acceptors (Lipinski definition) is 2. The van der Waals surface area contributed by atoms with Crippen molar-refractivity contribution >= 4 is 0 Å². The normalized spacial score (nSPS) is 18.4. The van der Waals surface area contributed by atoms with Gasteiger partial charge < -0.3 is 10.2 Å².